The number of carboxylic acids is 1. The van der Waals surface area contributed by atoms with Crippen LogP contribution in [0, 0.1) is 5.92 Å². The first-order valence-corrected chi connectivity index (χ1v) is 8.16. The zero-order valence-electron chi connectivity index (χ0n) is 14.0. The van der Waals surface area contributed by atoms with E-state index in [0.717, 1.165) is 32.0 Å². The first kappa shape index (κ1) is 18.4. The lowest BCUT2D eigenvalue weighted by Crippen LogP contribution is -2.52. The minimum atomic E-state index is -0.843. The third kappa shape index (κ3) is 5.93. The van der Waals surface area contributed by atoms with Crippen molar-refractivity contribution >= 4 is 5.97 Å². The Morgan fingerprint density at radius 1 is 1.48 bits per heavy atom. The molecule has 0 amide bonds. The molecule has 1 aliphatic carbocycles. The van der Waals surface area contributed by atoms with Crippen LogP contribution < -0.4 is 5.32 Å². The van der Waals surface area contributed by atoms with Gasteiger partial charge in [0.1, 0.15) is 5.54 Å². The maximum absolute atomic E-state index is 11.6. The summed E-state index contributed by atoms with van der Waals surface area (Å²) in [5.74, 6) is 0.0169. The summed E-state index contributed by atoms with van der Waals surface area (Å²) in [6.45, 7) is 9.20. The molecule has 0 saturated heterocycles. The second-order valence-electron chi connectivity index (χ2n) is 6.42. The molecule has 21 heavy (non-hydrogen) atoms. The molecule has 2 atom stereocenters. The van der Waals surface area contributed by atoms with Crippen LogP contribution in [0.5, 0.6) is 0 Å². The van der Waals surface area contributed by atoms with Crippen LogP contribution in [0.25, 0.3) is 0 Å². The lowest BCUT2D eigenvalue weighted by Gasteiger charge is -2.33. The van der Waals surface area contributed by atoms with Crippen molar-refractivity contribution in [3.63, 3.8) is 0 Å². The fraction of sp³-hybridized carbons (Fsp3) is 0.938. The molecule has 0 aromatic heterocycles. The topological polar surface area (TPSA) is 61.8 Å². The molecule has 0 aromatic carbocycles. The van der Waals surface area contributed by atoms with E-state index < -0.39 is 11.5 Å². The Morgan fingerprint density at radius 3 is 2.62 bits per heavy atom. The lowest BCUT2D eigenvalue weighted by molar-refractivity contribution is -0.144. The second-order valence-corrected chi connectivity index (χ2v) is 6.42. The molecule has 5 heteroatoms. The van der Waals surface area contributed by atoms with Gasteiger partial charge in [0, 0.05) is 26.2 Å². The van der Waals surface area contributed by atoms with Crippen LogP contribution in [0.4, 0.5) is 0 Å². The van der Waals surface area contributed by atoms with Crippen molar-refractivity contribution in [3.05, 3.63) is 0 Å². The number of methoxy groups -OCH3 is 1. The molecule has 1 aliphatic rings. The maximum atomic E-state index is 11.6. The Bertz CT molecular complexity index is 321. The summed E-state index contributed by atoms with van der Waals surface area (Å²) in [5.41, 5.74) is -0.843. The van der Waals surface area contributed by atoms with E-state index in [9.17, 15) is 9.90 Å². The summed E-state index contributed by atoms with van der Waals surface area (Å²) in [4.78, 5) is 13.9. The predicted molar refractivity (Wildman–Crippen MR) is 84.6 cm³/mol. The second kappa shape index (κ2) is 8.71. The highest BCUT2D eigenvalue weighted by atomic mass is 16.5. The quantitative estimate of drug-likeness (QED) is 0.577. The van der Waals surface area contributed by atoms with Crippen LogP contribution in [-0.4, -0.2) is 60.9 Å². The van der Waals surface area contributed by atoms with Crippen molar-refractivity contribution in [1.82, 2.24) is 10.2 Å². The molecule has 2 unspecified atom stereocenters. The van der Waals surface area contributed by atoms with Gasteiger partial charge in [-0.3, -0.25) is 9.69 Å². The summed E-state index contributed by atoms with van der Waals surface area (Å²) >= 11 is 0. The number of rotatable bonds is 12. The Labute approximate surface area is 129 Å². The van der Waals surface area contributed by atoms with E-state index in [1.54, 1.807) is 14.0 Å². The van der Waals surface area contributed by atoms with E-state index in [2.05, 4.69) is 24.1 Å². The van der Waals surface area contributed by atoms with Crippen LogP contribution >= 0.6 is 0 Å². The van der Waals surface area contributed by atoms with Gasteiger partial charge >= 0.3 is 5.97 Å². The number of ether oxygens (including phenoxy) is 1. The molecule has 0 spiro atoms. The molecule has 0 bridgehead atoms. The van der Waals surface area contributed by atoms with Crippen molar-refractivity contribution in [3.8, 4) is 0 Å². The van der Waals surface area contributed by atoms with Gasteiger partial charge < -0.3 is 15.2 Å². The number of nitrogens with zero attached hydrogens (tertiary/aromatic N) is 1. The van der Waals surface area contributed by atoms with Crippen LogP contribution in [0.2, 0.25) is 0 Å². The highest BCUT2D eigenvalue weighted by Crippen LogP contribution is 2.35. The van der Waals surface area contributed by atoms with Gasteiger partial charge in [-0.05, 0) is 52.0 Å². The van der Waals surface area contributed by atoms with E-state index in [0.29, 0.717) is 19.1 Å². The zero-order chi connectivity index (χ0) is 15.9. The summed E-state index contributed by atoms with van der Waals surface area (Å²) in [6, 6.07) is 0.518. The Balaban J connectivity index is 2.56. The molecular formula is C16H32N2O3. The van der Waals surface area contributed by atoms with Crippen molar-refractivity contribution < 1.29 is 14.6 Å². The summed E-state index contributed by atoms with van der Waals surface area (Å²) in [7, 11) is 1.71. The summed E-state index contributed by atoms with van der Waals surface area (Å²) < 4.78 is 5.19. The van der Waals surface area contributed by atoms with Crippen molar-refractivity contribution in [2.75, 3.05) is 33.4 Å². The number of aliphatic carboxylic acids is 1. The summed E-state index contributed by atoms with van der Waals surface area (Å²) in [6.07, 6.45) is 4.15. The van der Waals surface area contributed by atoms with Gasteiger partial charge in [-0.2, -0.15) is 0 Å². The molecule has 1 rings (SSSR count). The smallest absolute Gasteiger partial charge is 0.323 e. The van der Waals surface area contributed by atoms with E-state index >= 15 is 0 Å². The van der Waals surface area contributed by atoms with Gasteiger partial charge in [-0.1, -0.05) is 6.92 Å². The van der Waals surface area contributed by atoms with E-state index in [1.807, 2.05) is 0 Å². The fourth-order valence-electron chi connectivity index (χ4n) is 2.64. The molecule has 5 nitrogen and oxygen atoms in total. The highest BCUT2D eigenvalue weighted by molar-refractivity contribution is 5.78. The maximum Gasteiger partial charge on any atom is 0.323 e. The number of carbonyl (C=O) groups is 1. The number of carboxylic acid groups (broad SMARTS) is 1. The standard InChI is InChI=1S/C16H32N2O3/c1-5-9-17-16(3,15(19)20)8-10-18(11-12-21-4)13(2)14-6-7-14/h13-14,17H,5-12H2,1-4H3,(H,19,20). The van der Waals surface area contributed by atoms with Crippen molar-refractivity contribution in [1.29, 1.82) is 0 Å². The van der Waals surface area contributed by atoms with Gasteiger partial charge in [-0.15, -0.1) is 0 Å². The molecule has 124 valence electrons. The van der Waals surface area contributed by atoms with Crippen LogP contribution in [0.15, 0.2) is 0 Å². The molecule has 0 radical (unpaired) electrons. The van der Waals surface area contributed by atoms with Crippen LogP contribution in [0.1, 0.15) is 46.5 Å². The van der Waals surface area contributed by atoms with Gasteiger partial charge in [0.05, 0.1) is 6.61 Å². The Hall–Kier alpha value is -0.650. The van der Waals surface area contributed by atoms with Gasteiger partial charge in [0.2, 0.25) is 0 Å². The molecular weight excluding hydrogens is 268 g/mol. The normalized spacial score (nSPS) is 19.5. The molecule has 0 aliphatic heterocycles. The average Bonchev–Trinajstić information content (AvgIpc) is 3.29. The SMILES string of the molecule is CCCNC(C)(CCN(CCOC)C(C)C1CC1)C(=O)O. The zero-order valence-corrected chi connectivity index (χ0v) is 14.0. The Morgan fingerprint density at radius 2 is 2.14 bits per heavy atom. The van der Waals surface area contributed by atoms with Crippen molar-refractivity contribution in [2.45, 2.75) is 58.0 Å². The third-order valence-corrected chi connectivity index (χ3v) is 4.60. The van der Waals surface area contributed by atoms with E-state index in [4.69, 9.17) is 4.74 Å². The van der Waals surface area contributed by atoms with Gasteiger partial charge in [0.25, 0.3) is 0 Å². The van der Waals surface area contributed by atoms with Crippen molar-refractivity contribution in [2.24, 2.45) is 5.92 Å². The fourth-order valence-corrected chi connectivity index (χ4v) is 2.64. The molecule has 1 saturated carbocycles. The predicted octanol–water partition coefficient (Wildman–Crippen LogP) is 1.97. The minimum Gasteiger partial charge on any atom is -0.480 e. The molecule has 1 fully saturated rings. The van der Waals surface area contributed by atoms with E-state index in [1.165, 1.54) is 12.8 Å². The largest absolute Gasteiger partial charge is 0.480 e. The average molecular weight is 300 g/mol. The lowest BCUT2D eigenvalue weighted by atomic mass is 9.96. The first-order chi connectivity index (χ1) is 9.94. The van der Waals surface area contributed by atoms with Gasteiger partial charge in [0.15, 0.2) is 0 Å². The molecule has 0 aromatic rings. The minimum absolute atomic E-state index is 0.518. The number of hydrogen-bond donors (Lipinski definition) is 2. The molecule has 0 heterocycles. The summed E-state index contributed by atoms with van der Waals surface area (Å²) in [5, 5.41) is 12.7. The van der Waals surface area contributed by atoms with E-state index in [-0.39, 0.29) is 0 Å². The van der Waals surface area contributed by atoms with Gasteiger partial charge in [-0.25, -0.2) is 0 Å². The molecule has 2 N–H and O–H groups in total. The monoisotopic (exact) mass is 300 g/mol. The van der Waals surface area contributed by atoms with Crippen LogP contribution in [0.3, 0.4) is 0 Å². The highest BCUT2D eigenvalue weighted by Gasteiger charge is 2.35. The first-order valence-electron chi connectivity index (χ1n) is 8.16. The number of hydrogen-bond acceptors (Lipinski definition) is 4. The van der Waals surface area contributed by atoms with Crippen LogP contribution in [-0.2, 0) is 9.53 Å². The third-order valence-electron chi connectivity index (χ3n) is 4.60. The number of nitrogens with one attached hydrogen (secondary N) is 1. The Kier molecular flexibility index (Phi) is 7.63.